The molecule has 4 aliphatic rings. The average Bonchev–Trinajstić information content (AvgIpc) is 2.97. The Morgan fingerprint density at radius 3 is 2.55 bits per heavy atom. The second-order valence-electron chi connectivity index (χ2n) is 10.6. The lowest BCUT2D eigenvalue weighted by Gasteiger charge is -2.47. The van der Waals surface area contributed by atoms with Crippen molar-refractivity contribution < 1.29 is 28.8 Å². The lowest BCUT2D eigenvalue weighted by molar-refractivity contribution is -0.163. The maximum atomic E-state index is 12.0. The van der Waals surface area contributed by atoms with Gasteiger partial charge < -0.3 is 24.1 Å². The molecule has 29 heavy (non-hydrogen) atoms. The molecule has 3 aliphatic heterocycles. The zero-order chi connectivity index (χ0) is 21.1. The van der Waals surface area contributed by atoms with Gasteiger partial charge in [-0.15, -0.1) is 0 Å². The molecule has 6 heteroatoms. The van der Waals surface area contributed by atoms with E-state index in [2.05, 4.69) is 20.8 Å². The molecule has 4 rings (SSSR count). The maximum absolute atomic E-state index is 12.0. The van der Waals surface area contributed by atoms with Gasteiger partial charge in [-0.3, -0.25) is 4.79 Å². The predicted octanol–water partition coefficient (Wildman–Crippen LogP) is 2.95. The highest BCUT2D eigenvalue weighted by molar-refractivity contribution is 5.66. The summed E-state index contributed by atoms with van der Waals surface area (Å²) in [7, 11) is 1.66. The smallest absolute Gasteiger partial charge is 0.302 e. The fourth-order valence-corrected chi connectivity index (χ4v) is 6.97. The summed E-state index contributed by atoms with van der Waals surface area (Å²) in [5.74, 6) is 1.27. The standard InChI is InChI=1S/C23H38O6/c1-12-9-15-13(2)11-27-23(5)8-7-17(26-6)22(4,25)10-16-19(18(15)21(23)29-16)20(12)28-14(3)24/h12-13,15-21,25H,7-11H2,1-6H3/t12-,13-,15+,16-,17-,18+,19+,20-,21-,22-,23-/m1/s1. The zero-order valence-corrected chi connectivity index (χ0v) is 18.7. The van der Waals surface area contributed by atoms with Gasteiger partial charge in [-0.25, -0.2) is 0 Å². The third-order valence-corrected chi connectivity index (χ3v) is 8.43. The Morgan fingerprint density at radius 2 is 1.90 bits per heavy atom. The number of fused-ring (bicyclic) bond motifs is 2. The molecule has 0 radical (unpaired) electrons. The SMILES string of the molecule is CO[C@@H]1CC[C@@]2(C)OC[C@@H](C)[C@@H]3C[C@@H](C)[C@@H](OC(C)=O)[C@@H]4[C@H]3[C@H]2O[C@@H]4C[C@@]1(C)O. The van der Waals surface area contributed by atoms with Crippen LogP contribution in [0.15, 0.2) is 0 Å². The lowest BCUT2D eigenvalue weighted by Crippen LogP contribution is -2.54. The number of aliphatic hydroxyl groups is 1. The van der Waals surface area contributed by atoms with E-state index in [4.69, 9.17) is 18.9 Å². The molecule has 1 saturated carbocycles. The third kappa shape index (κ3) is 3.54. The summed E-state index contributed by atoms with van der Waals surface area (Å²) in [6.45, 7) is 10.7. The maximum Gasteiger partial charge on any atom is 0.302 e. The first kappa shape index (κ1) is 21.5. The summed E-state index contributed by atoms with van der Waals surface area (Å²) >= 11 is 0. The van der Waals surface area contributed by atoms with Crippen molar-refractivity contribution in [3.05, 3.63) is 0 Å². The van der Waals surface area contributed by atoms with Gasteiger partial charge in [-0.2, -0.15) is 0 Å². The van der Waals surface area contributed by atoms with Gasteiger partial charge in [0, 0.05) is 26.4 Å². The second kappa shape index (κ2) is 7.47. The van der Waals surface area contributed by atoms with Crippen molar-refractivity contribution >= 4 is 5.97 Å². The van der Waals surface area contributed by atoms with E-state index in [-0.39, 0.29) is 48.1 Å². The van der Waals surface area contributed by atoms with E-state index in [1.165, 1.54) is 6.92 Å². The van der Waals surface area contributed by atoms with Crippen LogP contribution in [0.5, 0.6) is 0 Å². The Bertz CT molecular complexity index is 635. The van der Waals surface area contributed by atoms with Gasteiger partial charge in [0.15, 0.2) is 0 Å². The number of esters is 1. The molecule has 4 fully saturated rings. The monoisotopic (exact) mass is 410 g/mol. The summed E-state index contributed by atoms with van der Waals surface area (Å²) in [6.07, 6.45) is 2.29. The first-order valence-electron chi connectivity index (χ1n) is 11.3. The van der Waals surface area contributed by atoms with Gasteiger partial charge in [0.1, 0.15) is 6.10 Å². The van der Waals surface area contributed by atoms with Gasteiger partial charge in [0.2, 0.25) is 0 Å². The first-order valence-corrected chi connectivity index (χ1v) is 11.3. The van der Waals surface area contributed by atoms with Crippen molar-refractivity contribution in [3.8, 4) is 0 Å². The Labute approximate surface area is 174 Å². The van der Waals surface area contributed by atoms with Crippen LogP contribution in [0.4, 0.5) is 0 Å². The average molecular weight is 411 g/mol. The molecule has 0 amide bonds. The number of rotatable bonds is 2. The van der Waals surface area contributed by atoms with E-state index in [1.54, 1.807) is 7.11 Å². The summed E-state index contributed by atoms with van der Waals surface area (Å²) in [5, 5.41) is 11.3. The zero-order valence-electron chi connectivity index (χ0n) is 18.7. The van der Waals surface area contributed by atoms with Crippen LogP contribution in [0, 0.1) is 29.6 Å². The van der Waals surface area contributed by atoms with Crippen LogP contribution < -0.4 is 0 Å². The van der Waals surface area contributed by atoms with Gasteiger partial charge in [0.25, 0.3) is 0 Å². The molecule has 2 bridgehead atoms. The molecule has 3 heterocycles. The Kier molecular flexibility index (Phi) is 5.55. The highest BCUT2D eigenvalue weighted by Crippen LogP contribution is 2.58. The topological polar surface area (TPSA) is 74.2 Å². The van der Waals surface area contributed by atoms with Crippen molar-refractivity contribution in [2.75, 3.05) is 13.7 Å². The number of hydrogen-bond acceptors (Lipinski definition) is 6. The highest BCUT2D eigenvalue weighted by atomic mass is 16.6. The van der Waals surface area contributed by atoms with Gasteiger partial charge in [-0.05, 0) is 56.8 Å². The molecule has 0 aromatic rings. The van der Waals surface area contributed by atoms with Crippen LogP contribution in [-0.2, 0) is 23.7 Å². The summed E-state index contributed by atoms with van der Waals surface area (Å²) in [6, 6.07) is 0. The fourth-order valence-electron chi connectivity index (χ4n) is 6.97. The van der Waals surface area contributed by atoms with E-state index >= 15 is 0 Å². The molecular formula is C23H38O6. The minimum absolute atomic E-state index is 0.0515. The number of ether oxygens (including phenoxy) is 4. The third-order valence-electron chi connectivity index (χ3n) is 8.43. The largest absolute Gasteiger partial charge is 0.462 e. The predicted molar refractivity (Wildman–Crippen MR) is 107 cm³/mol. The number of methoxy groups -OCH3 is 1. The molecule has 166 valence electrons. The number of carbonyl (C=O) groups excluding carboxylic acids is 1. The lowest BCUT2D eigenvalue weighted by atomic mass is 9.59. The molecule has 6 nitrogen and oxygen atoms in total. The van der Waals surface area contributed by atoms with Crippen molar-refractivity contribution in [2.24, 2.45) is 29.6 Å². The van der Waals surface area contributed by atoms with E-state index < -0.39 is 11.2 Å². The summed E-state index contributed by atoms with van der Waals surface area (Å²) in [5.41, 5.74) is -1.44. The van der Waals surface area contributed by atoms with E-state index in [0.29, 0.717) is 24.9 Å². The number of carbonyl (C=O) groups is 1. The Morgan fingerprint density at radius 1 is 1.17 bits per heavy atom. The first-order chi connectivity index (χ1) is 13.6. The Balaban J connectivity index is 1.80. The molecule has 1 N–H and O–H groups in total. The van der Waals surface area contributed by atoms with Gasteiger partial charge in [0.05, 0.1) is 36.1 Å². The molecule has 1 aliphatic carbocycles. The second-order valence-corrected chi connectivity index (χ2v) is 10.6. The van der Waals surface area contributed by atoms with Crippen LogP contribution in [-0.4, -0.2) is 60.4 Å². The molecule has 11 atom stereocenters. The summed E-state index contributed by atoms with van der Waals surface area (Å²) < 4.78 is 24.9. The van der Waals surface area contributed by atoms with E-state index in [9.17, 15) is 9.90 Å². The van der Waals surface area contributed by atoms with Crippen molar-refractivity contribution in [1.82, 2.24) is 0 Å². The quantitative estimate of drug-likeness (QED) is 0.706. The Hall–Kier alpha value is -0.690. The molecular weight excluding hydrogens is 372 g/mol. The molecule has 0 spiro atoms. The highest BCUT2D eigenvalue weighted by Gasteiger charge is 2.64. The van der Waals surface area contributed by atoms with Crippen LogP contribution in [0.3, 0.4) is 0 Å². The molecule has 3 saturated heterocycles. The van der Waals surface area contributed by atoms with Crippen LogP contribution in [0.1, 0.15) is 60.3 Å². The van der Waals surface area contributed by atoms with Crippen LogP contribution in [0.25, 0.3) is 0 Å². The van der Waals surface area contributed by atoms with E-state index in [0.717, 1.165) is 19.3 Å². The van der Waals surface area contributed by atoms with E-state index in [1.807, 2.05) is 6.92 Å². The normalized spacial score (nSPS) is 54.7. The van der Waals surface area contributed by atoms with Crippen molar-refractivity contribution in [1.29, 1.82) is 0 Å². The number of hydrogen-bond donors (Lipinski definition) is 1. The van der Waals surface area contributed by atoms with Crippen molar-refractivity contribution in [2.45, 2.75) is 95.9 Å². The fraction of sp³-hybridized carbons (Fsp3) is 0.957. The molecule has 0 aromatic carbocycles. The van der Waals surface area contributed by atoms with Crippen molar-refractivity contribution in [3.63, 3.8) is 0 Å². The summed E-state index contributed by atoms with van der Waals surface area (Å²) in [4.78, 5) is 12.0. The van der Waals surface area contributed by atoms with Crippen LogP contribution >= 0.6 is 0 Å². The minimum Gasteiger partial charge on any atom is -0.462 e. The van der Waals surface area contributed by atoms with Gasteiger partial charge in [-0.1, -0.05) is 13.8 Å². The molecule has 0 aromatic heterocycles. The van der Waals surface area contributed by atoms with Crippen LogP contribution in [0.2, 0.25) is 0 Å². The van der Waals surface area contributed by atoms with Gasteiger partial charge >= 0.3 is 5.97 Å². The minimum atomic E-state index is -1.01. The molecule has 0 unspecified atom stereocenters.